The van der Waals surface area contributed by atoms with Crippen molar-refractivity contribution in [2.75, 3.05) is 5.32 Å². The van der Waals surface area contributed by atoms with E-state index in [0.717, 1.165) is 10.7 Å². The Labute approximate surface area is 103 Å². The van der Waals surface area contributed by atoms with E-state index in [9.17, 15) is 0 Å². The molecule has 0 spiro atoms. The Hall–Kier alpha value is -0.690. The summed E-state index contributed by atoms with van der Waals surface area (Å²) in [4.78, 5) is 0. The molecular weight excluding hydrogens is 218 g/mol. The van der Waals surface area contributed by atoms with Gasteiger partial charge in [-0.05, 0) is 25.0 Å². The van der Waals surface area contributed by atoms with Crippen molar-refractivity contribution < 1.29 is 0 Å². The van der Waals surface area contributed by atoms with Crippen molar-refractivity contribution in [2.45, 2.75) is 51.0 Å². The summed E-state index contributed by atoms with van der Waals surface area (Å²) in [7, 11) is 0. The van der Waals surface area contributed by atoms with Crippen molar-refractivity contribution in [1.82, 2.24) is 0 Å². The van der Waals surface area contributed by atoms with Crippen LogP contribution in [0, 0.1) is 0 Å². The topological polar surface area (TPSA) is 12.0 Å². The molecule has 0 aliphatic heterocycles. The Morgan fingerprint density at radius 1 is 0.938 bits per heavy atom. The number of hydrogen-bond donors (Lipinski definition) is 1. The molecule has 0 amide bonds. The first-order valence-electron chi connectivity index (χ1n) is 6.37. The van der Waals surface area contributed by atoms with Gasteiger partial charge in [0.25, 0.3) is 0 Å². The Kier molecular flexibility index (Phi) is 4.53. The lowest BCUT2D eigenvalue weighted by atomic mass is 9.96. The van der Waals surface area contributed by atoms with Crippen molar-refractivity contribution in [3.63, 3.8) is 0 Å². The molecule has 0 unspecified atom stereocenters. The van der Waals surface area contributed by atoms with Gasteiger partial charge in [-0.25, -0.2) is 0 Å². The first-order chi connectivity index (χ1) is 7.86. The van der Waals surface area contributed by atoms with Crippen LogP contribution in [0.4, 0.5) is 5.69 Å². The van der Waals surface area contributed by atoms with Crippen LogP contribution in [0.15, 0.2) is 24.3 Å². The fraction of sp³-hybridized carbons (Fsp3) is 0.571. The van der Waals surface area contributed by atoms with E-state index in [1.54, 1.807) is 0 Å². The largest absolute Gasteiger partial charge is 0.381 e. The maximum Gasteiger partial charge on any atom is 0.0637 e. The molecule has 1 aromatic carbocycles. The van der Waals surface area contributed by atoms with Crippen LogP contribution in [0.25, 0.3) is 0 Å². The molecule has 0 heterocycles. The van der Waals surface area contributed by atoms with Gasteiger partial charge in [-0.3, -0.25) is 0 Å². The molecule has 1 aliphatic carbocycles. The number of para-hydroxylation sites is 1. The van der Waals surface area contributed by atoms with Gasteiger partial charge < -0.3 is 5.32 Å². The summed E-state index contributed by atoms with van der Waals surface area (Å²) in [6, 6.07) is 8.65. The molecule has 0 saturated heterocycles. The van der Waals surface area contributed by atoms with Gasteiger partial charge in [0.1, 0.15) is 0 Å². The highest BCUT2D eigenvalue weighted by Gasteiger charge is 2.11. The predicted molar refractivity (Wildman–Crippen MR) is 71.2 cm³/mol. The van der Waals surface area contributed by atoms with Crippen LogP contribution in [-0.4, -0.2) is 6.04 Å². The van der Waals surface area contributed by atoms with E-state index in [2.05, 4.69) is 11.4 Å². The third-order valence-corrected chi connectivity index (χ3v) is 3.67. The summed E-state index contributed by atoms with van der Waals surface area (Å²) in [6.07, 6.45) is 9.46. The van der Waals surface area contributed by atoms with Crippen LogP contribution in [0.5, 0.6) is 0 Å². The number of halogens is 1. The van der Waals surface area contributed by atoms with E-state index in [-0.39, 0.29) is 0 Å². The second-order valence-corrected chi connectivity index (χ2v) is 5.07. The summed E-state index contributed by atoms with van der Waals surface area (Å²) in [5, 5.41) is 4.42. The molecule has 1 aromatic rings. The standard InChI is InChI=1S/C14H20ClN/c15-13-10-6-7-11-14(13)16-12-8-4-2-1-3-5-9-12/h6-7,10-12,16H,1-5,8-9H2. The highest BCUT2D eigenvalue weighted by atomic mass is 35.5. The molecule has 16 heavy (non-hydrogen) atoms. The molecule has 0 aromatic heterocycles. The third kappa shape index (κ3) is 3.41. The lowest BCUT2D eigenvalue weighted by Gasteiger charge is -2.22. The number of anilines is 1. The SMILES string of the molecule is Clc1ccccc1NC1CCCCCCC1. The van der Waals surface area contributed by atoms with Gasteiger partial charge in [0, 0.05) is 6.04 Å². The quantitative estimate of drug-likeness (QED) is 0.774. The van der Waals surface area contributed by atoms with E-state index in [0.29, 0.717) is 6.04 Å². The second-order valence-electron chi connectivity index (χ2n) is 4.67. The third-order valence-electron chi connectivity index (χ3n) is 3.34. The van der Waals surface area contributed by atoms with Crippen molar-refractivity contribution in [1.29, 1.82) is 0 Å². The summed E-state index contributed by atoms with van der Waals surface area (Å²) in [5.41, 5.74) is 1.09. The minimum atomic E-state index is 0.611. The fourth-order valence-electron chi connectivity index (χ4n) is 2.40. The van der Waals surface area contributed by atoms with E-state index in [1.807, 2.05) is 18.2 Å². The van der Waals surface area contributed by atoms with Gasteiger partial charge in [0.15, 0.2) is 0 Å². The lowest BCUT2D eigenvalue weighted by Crippen LogP contribution is -2.20. The number of nitrogens with one attached hydrogen (secondary N) is 1. The molecule has 0 atom stereocenters. The molecule has 88 valence electrons. The van der Waals surface area contributed by atoms with Gasteiger partial charge in [0.2, 0.25) is 0 Å². The number of hydrogen-bond acceptors (Lipinski definition) is 1. The predicted octanol–water partition coefficient (Wildman–Crippen LogP) is 4.86. The molecule has 2 rings (SSSR count). The smallest absolute Gasteiger partial charge is 0.0637 e. The van der Waals surface area contributed by atoms with Crippen LogP contribution in [0.2, 0.25) is 5.02 Å². The summed E-state index contributed by atoms with van der Waals surface area (Å²) < 4.78 is 0. The van der Waals surface area contributed by atoms with E-state index in [4.69, 9.17) is 11.6 Å². The maximum absolute atomic E-state index is 6.15. The lowest BCUT2D eigenvalue weighted by molar-refractivity contribution is 0.471. The summed E-state index contributed by atoms with van der Waals surface area (Å²) in [5.74, 6) is 0. The molecule has 1 aliphatic rings. The van der Waals surface area contributed by atoms with Gasteiger partial charge in [-0.15, -0.1) is 0 Å². The summed E-state index contributed by atoms with van der Waals surface area (Å²) >= 11 is 6.15. The molecule has 1 nitrogen and oxygen atoms in total. The number of rotatable bonds is 2. The zero-order chi connectivity index (χ0) is 11.2. The van der Waals surface area contributed by atoms with Crippen molar-refractivity contribution in [3.05, 3.63) is 29.3 Å². The number of benzene rings is 1. The van der Waals surface area contributed by atoms with Crippen LogP contribution in [0.3, 0.4) is 0 Å². The minimum absolute atomic E-state index is 0.611. The Morgan fingerprint density at radius 3 is 2.25 bits per heavy atom. The monoisotopic (exact) mass is 237 g/mol. The zero-order valence-corrected chi connectivity index (χ0v) is 10.5. The first kappa shape index (κ1) is 11.8. The average Bonchev–Trinajstić information content (AvgIpc) is 2.24. The first-order valence-corrected chi connectivity index (χ1v) is 6.75. The summed E-state index contributed by atoms with van der Waals surface area (Å²) in [6.45, 7) is 0. The van der Waals surface area contributed by atoms with Crippen molar-refractivity contribution in [3.8, 4) is 0 Å². The van der Waals surface area contributed by atoms with Gasteiger partial charge >= 0.3 is 0 Å². The Balaban J connectivity index is 1.94. The van der Waals surface area contributed by atoms with E-state index < -0.39 is 0 Å². The molecular formula is C14H20ClN. The highest BCUT2D eigenvalue weighted by Crippen LogP contribution is 2.25. The van der Waals surface area contributed by atoms with Crippen LogP contribution in [-0.2, 0) is 0 Å². The van der Waals surface area contributed by atoms with E-state index >= 15 is 0 Å². The van der Waals surface area contributed by atoms with Crippen LogP contribution in [0.1, 0.15) is 44.9 Å². The van der Waals surface area contributed by atoms with Gasteiger partial charge in [0.05, 0.1) is 10.7 Å². The molecule has 0 radical (unpaired) electrons. The average molecular weight is 238 g/mol. The molecule has 2 heteroatoms. The molecule has 1 N–H and O–H groups in total. The van der Waals surface area contributed by atoms with Gasteiger partial charge in [-0.2, -0.15) is 0 Å². The molecule has 0 bridgehead atoms. The highest BCUT2D eigenvalue weighted by molar-refractivity contribution is 6.33. The van der Waals surface area contributed by atoms with Crippen molar-refractivity contribution in [2.24, 2.45) is 0 Å². The normalized spacial score (nSPS) is 18.8. The molecule has 1 saturated carbocycles. The van der Waals surface area contributed by atoms with Gasteiger partial charge in [-0.1, -0.05) is 55.8 Å². The van der Waals surface area contributed by atoms with Crippen molar-refractivity contribution >= 4 is 17.3 Å². The molecule has 1 fully saturated rings. The second kappa shape index (κ2) is 6.15. The zero-order valence-electron chi connectivity index (χ0n) is 9.71. The Bertz CT molecular complexity index is 316. The van der Waals surface area contributed by atoms with Crippen LogP contribution < -0.4 is 5.32 Å². The van der Waals surface area contributed by atoms with Crippen LogP contribution >= 0.6 is 11.6 Å². The Morgan fingerprint density at radius 2 is 1.56 bits per heavy atom. The fourth-order valence-corrected chi connectivity index (χ4v) is 2.59. The minimum Gasteiger partial charge on any atom is -0.381 e. The maximum atomic E-state index is 6.15. The van der Waals surface area contributed by atoms with E-state index in [1.165, 1.54) is 44.9 Å².